The van der Waals surface area contributed by atoms with Gasteiger partial charge in [-0.05, 0) is 43.7 Å². The van der Waals surface area contributed by atoms with Gasteiger partial charge in [0.05, 0.1) is 11.6 Å². The Morgan fingerprint density at radius 3 is 2.16 bits per heavy atom. The van der Waals surface area contributed by atoms with E-state index in [0.717, 1.165) is 12.2 Å². The van der Waals surface area contributed by atoms with Gasteiger partial charge in [0.1, 0.15) is 0 Å². The van der Waals surface area contributed by atoms with E-state index >= 15 is 0 Å². The molecule has 0 spiro atoms. The largest absolute Gasteiger partial charge is 0.365 e. The average molecular weight is 250 g/mol. The predicted octanol–water partition coefficient (Wildman–Crippen LogP) is 3.97. The third-order valence-corrected chi connectivity index (χ3v) is 3.15. The zero-order chi connectivity index (χ0) is 13.7. The van der Waals surface area contributed by atoms with E-state index in [1.807, 2.05) is 30.3 Å². The van der Waals surface area contributed by atoms with Crippen LogP contribution in [-0.2, 0) is 6.54 Å². The smallest absolute Gasteiger partial charge is 0.0991 e. The van der Waals surface area contributed by atoms with E-state index in [2.05, 4.69) is 49.1 Å². The van der Waals surface area contributed by atoms with Crippen LogP contribution >= 0.6 is 0 Å². The Kier molecular flexibility index (Phi) is 4.20. The van der Waals surface area contributed by atoms with Crippen molar-refractivity contribution in [3.05, 3.63) is 65.7 Å². The molecule has 0 saturated heterocycles. The summed E-state index contributed by atoms with van der Waals surface area (Å²) in [6, 6.07) is 20.8. The van der Waals surface area contributed by atoms with Gasteiger partial charge in [0.15, 0.2) is 0 Å². The summed E-state index contributed by atoms with van der Waals surface area (Å²) in [5.74, 6) is 0. The topological polar surface area (TPSA) is 27.0 Å². The van der Waals surface area contributed by atoms with Gasteiger partial charge >= 0.3 is 0 Å². The van der Waals surface area contributed by atoms with Crippen LogP contribution in [0.15, 0.2) is 54.6 Å². The highest BCUT2D eigenvalue weighted by Gasteiger charge is 2.10. The summed E-state index contributed by atoms with van der Waals surface area (Å²) in [4.78, 5) is 2.33. The van der Waals surface area contributed by atoms with Crippen LogP contribution < -0.4 is 4.90 Å². The second kappa shape index (κ2) is 6.06. The molecule has 0 aliphatic rings. The zero-order valence-electron chi connectivity index (χ0n) is 11.4. The SMILES string of the molecule is CC(C)N(Cc1ccccc1)c1ccc(C#N)cc1. The number of anilines is 1. The van der Waals surface area contributed by atoms with Crippen molar-refractivity contribution in [2.75, 3.05) is 4.90 Å². The molecule has 0 atom stereocenters. The molecule has 2 aromatic carbocycles. The van der Waals surface area contributed by atoms with Crippen molar-refractivity contribution in [2.45, 2.75) is 26.4 Å². The van der Waals surface area contributed by atoms with Crippen molar-refractivity contribution < 1.29 is 0 Å². The molecule has 0 unspecified atom stereocenters. The summed E-state index contributed by atoms with van der Waals surface area (Å²) in [5.41, 5.74) is 3.14. The van der Waals surface area contributed by atoms with E-state index in [1.54, 1.807) is 0 Å². The van der Waals surface area contributed by atoms with Crippen molar-refractivity contribution in [1.82, 2.24) is 0 Å². The van der Waals surface area contributed by atoms with Gasteiger partial charge in [0, 0.05) is 18.3 Å². The second-order valence-electron chi connectivity index (χ2n) is 4.87. The van der Waals surface area contributed by atoms with Gasteiger partial charge in [-0.1, -0.05) is 30.3 Å². The van der Waals surface area contributed by atoms with Crippen LogP contribution in [0.3, 0.4) is 0 Å². The third kappa shape index (κ3) is 3.35. The average Bonchev–Trinajstić information content (AvgIpc) is 2.46. The van der Waals surface area contributed by atoms with E-state index in [4.69, 9.17) is 5.26 Å². The third-order valence-electron chi connectivity index (χ3n) is 3.15. The molecule has 96 valence electrons. The number of hydrogen-bond acceptors (Lipinski definition) is 2. The summed E-state index contributed by atoms with van der Waals surface area (Å²) in [5, 5.41) is 8.85. The molecule has 2 rings (SSSR count). The van der Waals surface area contributed by atoms with Gasteiger partial charge in [0.2, 0.25) is 0 Å². The fraction of sp³-hybridized carbons (Fsp3) is 0.235. The molecule has 0 radical (unpaired) electrons. The molecule has 0 aromatic heterocycles. The lowest BCUT2D eigenvalue weighted by molar-refractivity contribution is 0.682. The summed E-state index contributed by atoms with van der Waals surface area (Å²) in [6.45, 7) is 5.24. The molecule has 0 N–H and O–H groups in total. The molecule has 0 heterocycles. The lowest BCUT2D eigenvalue weighted by Crippen LogP contribution is -2.30. The number of rotatable bonds is 4. The first-order chi connectivity index (χ1) is 9.20. The van der Waals surface area contributed by atoms with Crippen LogP contribution in [0.25, 0.3) is 0 Å². The van der Waals surface area contributed by atoms with E-state index in [0.29, 0.717) is 11.6 Å². The van der Waals surface area contributed by atoms with Crippen LogP contribution in [0.1, 0.15) is 25.0 Å². The molecule has 0 fully saturated rings. The summed E-state index contributed by atoms with van der Waals surface area (Å²) < 4.78 is 0. The van der Waals surface area contributed by atoms with Gasteiger partial charge in [-0.2, -0.15) is 5.26 Å². The minimum Gasteiger partial charge on any atom is -0.365 e. The Bertz CT molecular complexity index is 550. The molecule has 2 nitrogen and oxygen atoms in total. The summed E-state index contributed by atoms with van der Waals surface area (Å²) in [7, 11) is 0. The van der Waals surface area contributed by atoms with Gasteiger partial charge in [-0.15, -0.1) is 0 Å². The fourth-order valence-electron chi connectivity index (χ4n) is 2.08. The Balaban J connectivity index is 2.22. The maximum absolute atomic E-state index is 8.85. The quantitative estimate of drug-likeness (QED) is 0.820. The van der Waals surface area contributed by atoms with Gasteiger partial charge < -0.3 is 4.90 Å². The molecule has 0 bridgehead atoms. The normalized spacial score (nSPS) is 10.2. The van der Waals surface area contributed by atoms with Gasteiger partial charge in [-0.3, -0.25) is 0 Å². The summed E-state index contributed by atoms with van der Waals surface area (Å²) in [6.07, 6.45) is 0. The Morgan fingerprint density at radius 1 is 1.00 bits per heavy atom. The first-order valence-electron chi connectivity index (χ1n) is 6.51. The van der Waals surface area contributed by atoms with Crippen molar-refractivity contribution in [1.29, 1.82) is 5.26 Å². The Labute approximate surface area is 114 Å². The number of hydrogen-bond donors (Lipinski definition) is 0. The maximum atomic E-state index is 8.85. The molecule has 0 aliphatic heterocycles. The van der Waals surface area contributed by atoms with Crippen molar-refractivity contribution in [3.8, 4) is 6.07 Å². The first kappa shape index (κ1) is 13.2. The minimum atomic E-state index is 0.410. The van der Waals surface area contributed by atoms with E-state index in [-0.39, 0.29) is 0 Å². The van der Waals surface area contributed by atoms with E-state index < -0.39 is 0 Å². The molecule has 0 saturated carbocycles. The Hall–Kier alpha value is -2.27. The number of nitrogens with zero attached hydrogens (tertiary/aromatic N) is 2. The van der Waals surface area contributed by atoms with E-state index in [9.17, 15) is 0 Å². The zero-order valence-corrected chi connectivity index (χ0v) is 11.4. The Morgan fingerprint density at radius 2 is 1.63 bits per heavy atom. The van der Waals surface area contributed by atoms with Crippen molar-refractivity contribution in [2.24, 2.45) is 0 Å². The van der Waals surface area contributed by atoms with Crippen molar-refractivity contribution >= 4 is 5.69 Å². The molecule has 2 heteroatoms. The number of benzene rings is 2. The minimum absolute atomic E-state index is 0.410. The highest BCUT2D eigenvalue weighted by Crippen LogP contribution is 2.20. The molecule has 0 amide bonds. The molecule has 19 heavy (non-hydrogen) atoms. The highest BCUT2D eigenvalue weighted by atomic mass is 15.1. The lowest BCUT2D eigenvalue weighted by atomic mass is 10.1. The summed E-state index contributed by atoms with van der Waals surface area (Å²) >= 11 is 0. The van der Waals surface area contributed by atoms with Crippen LogP contribution in [0, 0.1) is 11.3 Å². The fourth-order valence-corrected chi connectivity index (χ4v) is 2.08. The molecular weight excluding hydrogens is 232 g/mol. The predicted molar refractivity (Wildman–Crippen MR) is 78.9 cm³/mol. The monoisotopic (exact) mass is 250 g/mol. The standard InChI is InChI=1S/C17H18N2/c1-14(2)19(13-16-6-4-3-5-7-16)17-10-8-15(12-18)9-11-17/h3-11,14H,13H2,1-2H3. The first-order valence-corrected chi connectivity index (χ1v) is 6.51. The van der Waals surface area contributed by atoms with Crippen LogP contribution in [-0.4, -0.2) is 6.04 Å². The highest BCUT2D eigenvalue weighted by molar-refractivity contribution is 5.50. The second-order valence-corrected chi connectivity index (χ2v) is 4.87. The molecular formula is C17H18N2. The number of nitriles is 1. The molecule has 0 aliphatic carbocycles. The van der Waals surface area contributed by atoms with Gasteiger partial charge in [-0.25, -0.2) is 0 Å². The van der Waals surface area contributed by atoms with E-state index in [1.165, 1.54) is 5.56 Å². The van der Waals surface area contributed by atoms with Crippen LogP contribution in [0.5, 0.6) is 0 Å². The van der Waals surface area contributed by atoms with Crippen molar-refractivity contribution in [3.63, 3.8) is 0 Å². The lowest BCUT2D eigenvalue weighted by Gasteiger charge is -2.29. The van der Waals surface area contributed by atoms with Crippen LogP contribution in [0.4, 0.5) is 5.69 Å². The van der Waals surface area contributed by atoms with Crippen LogP contribution in [0.2, 0.25) is 0 Å². The van der Waals surface area contributed by atoms with Gasteiger partial charge in [0.25, 0.3) is 0 Å². The molecule has 2 aromatic rings. The maximum Gasteiger partial charge on any atom is 0.0991 e.